The third kappa shape index (κ3) is 7.62. The average molecular weight is 231 g/mol. The molecule has 0 fully saturated rings. The Labute approximate surface area is 98.3 Å². The molecule has 5 nitrogen and oxygen atoms in total. The van der Waals surface area contributed by atoms with Gasteiger partial charge in [0.1, 0.15) is 6.61 Å². The summed E-state index contributed by atoms with van der Waals surface area (Å²) < 4.78 is 5.05. The van der Waals surface area contributed by atoms with Crippen LogP contribution in [0.25, 0.3) is 0 Å². The lowest BCUT2D eigenvalue weighted by molar-refractivity contribution is -0.126. The minimum absolute atomic E-state index is 0.0758. The predicted octanol–water partition coefficient (Wildman–Crippen LogP) is -0.192. The van der Waals surface area contributed by atoms with E-state index in [9.17, 15) is 4.79 Å². The summed E-state index contributed by atoms with van der Waals surface area (Å²) in [6.07, 6.45) is 0. The molecule has 0 heterocycles. The number of amides is 1. The molecular weight excluding hydrogens is 206 g/mol. The molecule has 5 heteroatoms. The molecule has 0 aromatic heterocycles. The van der Waals surface area contributed by atoms with Gasteiger partial charge in [0.15, 0.2) is 0 Å². The van der Waals surface area contributed by atoms with Crippen molar-refractivity contribution >= 4 is 5.91 Å². The fourth-order valence-electron chi connectivity index (χ4n) is 1.48. The van der Waals surface area contributed by atoms with Crippen LogP contribution < -0.4 is 11.1 Å². The Morgan fingerprint density at radius 1 is 1.44 bits per heavy atom. The quantitative estimate of drug-likeness (QED) is 0.540. The molecule has 0 aromatic carbocycles. The van der Waals surface area contributed by atoms with E-state index in [-0.39, 0.29) is 18.6 Å². The van der Waals surface area contributed by atoms with E-state index in [1.54, 1.807) is 0 Å². The maximum absolute atomic E-state index is 11.4. The molecule has 1 amide bonds. The molecule has 96 valence electrons. The maximum atomic E-state index is 11.4. The van der Waals surface area contributed by atoms with Crippen molar-refractivity contribution in [1.29, 1.82) is 0 Å². The van der Waals surface area contributed by atoms with Gasteiger partial charge in [-0.25, -0.2) is 0 Å². The van der Waals surface area contributed by atoms with Crippen molar-refractivity contribution in [3.8, 4) is 0 Å². The van der Waals surface area contributed by atoms with Crippen LogP contribution in [0.5, 0.6) is 0 Å². The summed E-state index contributed by atoms with van der Waals surface area (Å²) in [6, 6.07) is 0.147. The molecule has 0 aromatic rings. The summed E-state index contributed by atoms with van der Waals surface area (Å²) in [5.41, 5.74) is 5.25. The van der Waals surface area contributed by atoms with E-state index in [1.165, 1.54) is 0 Å². The average Bonchev–Trinajstić information content (AvgIpc) is 2.26. The molecule has 0 rings (SSSR count). The third-order valence-corrected chi connectivity index (χ3v) is 2.33. The van der Waals surface area contributed by atoms with Crippen molar-refractivity contribution in [2.24, 2.45) is 5.73 Å². The number of hydrogen-bond acceptors (Lipinski definition) is 4. The molecule has 1 unspecified atom stereocenters. The van der Waals surface area contributed by atoms with Gasteiger partial charge in [-0.1, -0.05) is 13.8 Å². The number of hydrogen-bond donors (Lipinski definition) is 2. The zero-order valence-electron chi connectivity index (χ0n) is 10.7. The van der Waals surface area contributed by atoms with Gasteiger partial charge in [-0.3, -0.25) is 4.79 Å². The molecule has 0 aliphatic heterocycles. The molecule has 16 heavy (non-hydrogen) atoms. The second-order valence-electron chi connectivity index (χ2n) is 3.80. The highest BCUT2D eigenvalue weighted by molar-refractivity contribution is 5.77. The molecule has 3 N–H and O–H groups in total. The second kappa shape index (κ2) is 9.57. The first-order valence-electron chi connectivity index (χ1n) is 5.93. The highest BCUT2D eigenvalue weighted by atomic mass is 16.5. The molecule has 1 atom stereocenters. The van der Waals surface area contributed by atoms with Gasteiger partial charge < -0.3 is 20.7 Å². The van der Waals surface area contributed by atoms with E-state index in [0.29, 0.717) is 13.2 Å². The van der Waals surface area contributed by atoms with Gasteiger partial charge in [0, 0.05) is 19.1 Å². The monoisotopic (exact) mass is 231 g/mol. The van der Waals surface area contributed by atoms with Gasteiger partial charge in [0.2, 0.25) is 5.91 Å². The van der Waals surface area contributed by atoms with Crippen molar-refractivity contribution < 1.29 is 9.53 Å². The van der Waals surface area contributed by atoms with Crippen LogP contribution in [-0.4, -0.2) is 56.2 Å². The lowest BCUT2D eigenvalue weighted by atomic mass is 10.3. The lowest BCUT2D eigenvalue weighted by Crippen LogP contribution is -2.43. The molecule has 0 saturated heterocycles. The molecule has 0 radical (unpaired) electrons. The summed E-state index contributed by atoms with van der Waals surface area (Å²) in [5.74, 6) is -0.0758. The van der Waals surface area contributed by atoms with Gasteiger partial charge in [-0.05, 0) is 20.0 Å². The molecule has 0 aliphatic carbocycles. The normalized spacial score (nSPS) is 12.8. The van der Waals surface area contributed by atoms with E-state index in [2.05, 4.69) is 24.1 Å². The third-order valence-electron chi connectivity index (χ3n) is 2.33. The largest absolute Gasteiger partial charge is 0.370 e. The van der Waals surface area contributed by atoms with Gasteiger partial charge in [0.25, 0.3) is 0 Å². The van der Waals surface area contributed by atoms with Crippen LogP contribution in [0.3, 0.4) is 0 Å². The molecule has 0 aliphatic rings. The standard InChI is InChI=1S/C11H25N3O2/c1-4-14(5-2)8-10(3)13-11(15)9-16-7-6-12/h10H,4-9,12H2,1-3H3,(H,13,15). The Balaban J connectivity index is 3.68. The van der Waals surface area contributed by atoms with Crippen molar-refractivity contribution in [2.45, 2.75) is 26.8 Å². The van der Waals surface area contributed by atoms with Crippen LogP contribution in [0.15, 0.2) is 0 Å². The Hall–Kier alpha value is -0.650. The zero-order valence-corrected chi connectivity index (χ0v) is 10.7. The van der Waals surface area contributed by atoms with E-state index in [0.717, 1.165) is 19.6 Å². The number of nitrogens with zero attached hydrogens (tertiary/aromatic N) is 1. The van der Waals surface area contributed by atoms with E-state index in [4.69, 9.17) is 10.5 Å². The number of likely N-dealkylation sites (N-methyl/N-ethyl adjacent to an activating group) is 1. The van der Waals surface area contributed by atoms with Crippen LogP contribution in [0.2, 0.25) is 0 Å². The van der Waals surface area contributed by atoms with Gasteiger partial charge >= 0.3 is 0 Å². The minimum Gasteiger partial charge on any atom is -0.370 e. The van der Waals surface area contributed by atoms with E-state index >= 15 is 0 Å². The second-order valence-corrected chi connectivity index (χ2v) is 3.80. The van der Waals surface area contributed by atoms with E-state index in [1.807, 2.05) is 6.92 Å². The zero-order chi connectivity index (χ0) is 12.4. The maximum Gasteiger partial charge on any atom is 0.246 e. The lowest BCUT2D eigenvalue weighted by Gasteiger charge is -2.23. The van der Waals surface area contributed by atoms with Crippen LogP contribution in [0.1, 0.15) is 20.8 Å². The highest BCUT2D eigenvalue weighted by Crippen LogP contribution is 1.91. The Morgan fingerprint density at radius 3 is 2.56 bits per heavy atom. The summed E-state index contributed by atoms with van der Waals surface area (Å²) >= 11 is 0. The number of rotatable bonds is 9. The first kappa shape index (κ1) is 15.3. The first-order chi connectivity index (χ1) is 7.63. The number of carbonyl (C=O) groups excluding carboxylic acids is 1. The van der Waals surface area contributed by atoms with Gasteiger partial charge in [0.05, 0.1) is 6.61 Å². The van der Waals surface area contributed by atoms with Crippen molar-refractivity contribution in [2.75, 3.05) is 39.4 Å². The van der Waals surface area contributed by atoms with Crippen molar-refractivity contribution in [1.82, 2.24) is 10.2 Å². The van der Waals surface area contributed by atoms with Gasteiger partial charge in [-0.15, -0.1) is 0 Å². The Morgan fingerprint density at radius 2 is 2.06 bits per heavy atom. The topological polar surface area (TPSA) is 67.6 Å². The smallest absolute Gasteiger partial charge is 0.246 e. The highest BCUT2D eigenvalue weighted by Gasteiger charge is 2.10. The molecule has 0 spiro atoms. The van der Waals surface area contributed by atoms with Crippen molar-refractivity contribution in [3.05, 3.63) is 0 Å². The fraction of sp³-hybridized carbons (Fsp3) is 0.909. The molecule has 0 saturated carbocycles. The number of nitrogens with one attached hydrogen (secondary N) is 1. The summed E-state index contributed by atoms with van der Waals surface area (Å²) in [6.45, 7) is 10.1. The number of nitrogens with two attached hydrogens (primary N) is 1. The number of ether oxygens (including phenoxy) is 1. The van der Waals surface area contributed by atoms with Crippen LogP contribution in [0.4, 0.5) is 0 Å². The first-order valence-corrected chi connectivity index (χ1v) is 5.93. The van der Waals surface area contributed by atoms with E-state index < -0.39 is 0 Å². The van der Waals surface area contributed by atoms with Gasteiger partial charge in [-0.2, -0.15) is 0 Å². The molecular formula is C11H25N3O2. The summed E-state index contributed by atoms with van der Waals surface area (Å²) in [5, 5.41) is 2.89. The van der Waals surface area contributed by atoms with Crippen LogP contribution in [0, 0.1) is 0 Å². The Kier molecular flexibility index (Phi) is 9.18. The summed E-state index contributed by atoms with van der Waals surface area (Å²) in [4.78, 5) is 13.7. The predicted molar refractivity (Wildman–Crippen MR) is 65.3 cm³/mol. The van der Waals surface area contributed by atoms with Crippen LogP contribution >= 0.6 is 0 Å². The summed E-state index contributed by atoms with van der Waals surface area (Å²) in [7, 11) is 0. The van der Waals surface area contributed by atoms with Crippen LogP contribution in [-0.2, 0) is 9.53 Å². The SMILES string of the molecule is CCN(CC)CC(C)NC(=O)COCCN. The minimum atomic E-state index is -0.0758. The number of carbonyl (C=O) groups is 1. The fourth-order valence-corrected chi connectivity index (χ4v) is 1.48. The van der Waals surface area contributed by atoms with Crippen molar-refractivity contribution in [3.63, 3.8) is 0 Å². The molecule has 0 bridgehead atoms. The Bertz CT molecular complexity index is 184.